The fraction of sp³-hybridized carbons (Fsp3) is 0.588. The quantitative estimate of drug-likeness (QED) is 0.868. The molecule has 3 heterocycles. The molecule has 6 heteroatoms. The van der Waals surface area contributed by atoms with Gasteiger partial charge in [-0.05, 0) is 32.3 Å². The van der Waals surface area contributed by atoms with Crippen LogP contribution in [0.5, 0.6) is 0 Å². The summed E-state index contributed by atoms with van der Waals surface area (Å²) in [4.78, 5) is 28.2. The van der Waals surface area contributed by atoms with E-state index in [1.807, 2.05) is 0 Å². The van der Waals surface area contributed by atoms with Crippen LogP contribution in [0.2, 0.25) is 0 Å². The maximum absolute atomic E-state index is 12.7. The SMILES string of the molecule is CCC1(C(=O)N2CCN(c3ncnc4sc(C)cc34)CC2)CC1. The van der Waals surface area contributed by atoms with E-state index >= 15 is 0 Å². The number of amides is 1. The fourth-order valence-electron chi connectivity index (χ4n) is 3.54. The molecule has 5 nitrogen and oxygen atoms in total. The molecule has 1 aliphatic carbocycles. The number of aryl methyl sites for hydroxylation is 1. The maximum atomic E-state index is 12.7. The van der Waals surface area contributed by atoms with Crippen molar-refractivity contribution < 1.29 is 4.79 Å². The van der Waals surface area contributed by atoms with Crippen LogP contribution in [0.15, 0.2) is 12.4 Å². The second kappa shape index (κ2) is 5.44. The van der Waals surface area contributed by atoms with Crippen LogP contribution in [-0.4, -0.2) is 47.0 Å². The molecule has 1 aliphatic heterocycles. The number of nitrogens with zero attached hydrogens (tertiary/aromatic N) is 4. The third-order valence-electron chi connectivity index (χ3n) is 5.28. The number of thiophene rings is 1. The molecule has 0 bridgehead atoms. The Bertz CT molecular complexity index is 744. The van der Waals surface area contributed by atoms with E-state index in [9.17, 15) is 4.79 Å². The predicted molar refractivity (Wildman–Crippen MR) is 92.9 cm³/mol. The van der Waals surface area contributed by atoms with Crippen LogP contribution in [0.4, 0.5) is 5.82 Å². The minimum Gasteiger partial charge on any atom is -0.352 e. The second-order valence-corrected chi connectivity index (χ2v) is 7.92. The van der Waals surface area contributed by atoms with Gasteiger partial charge in [-0.3, -0.25) is 4.79 Å². The van der Waals surface area contributed by atoms with Gasteiger partial charge in [0.1, 0.15) is 17.0 Å². The van der Waals surface area contributed by atoms with Crippen molar-refractivity contribution in [3.05, 3.63) is 17.3 Å². The van der Waals surface area contributed by atoms with Gasteiger partial charge in [-0.2, -0.15) is 0 Å². The molecule has 1 saturated carbocycles. The Morgan fingerprint density at radius 3 is 2.65 bits per heavy atom. The molecule has 4 rings (SSSR count). The van der Waals surface area contributed by atoms with E-state index in [4.69, 9.17) is 0 Å². The Balaban J connectivity index is 1.50. The molecule has 2 aliphatic rings. The number of carbonyl (C=O) groups is 1. The largest absolute Gasteiger partial charge is 0.352 e. The summed E-state index contributed by atoms with van der Waals surface area (Å²) in [7, 11) is 0. The molecule has 23 heavy (non-hydrogen) atoms. The van der Waals surface area contributed by atoms with Crippen LogP contribution in [0.25, 0.3) is 10.2 Å². The van der Waals surface area contributed by atoms with E-state index in [-0.39, 0.29) is 5.41 Å². The topological polar surface area (TPSA) is 49.3 Å². The van der Waals surface area contributed by atoms with Gasteiger partial charge in [0.2, 0.25) is 5.91 Å². The lowest BCUT2D eigenvalue weighted by Gasteiger charge is -2.37. The first-order chi connectivity index (χ1) is 11.1. The van der Waals surface area contributed by atoms with Gasteiger partial charge >= 0.3 is 0 Å². The van der Waals surface area contributed by atoms with Gasteiger partial charge in [-0.15, -0.1) is 11.3 Å². The molecule has 2 aromatic rings. The van der Waals surface area contributed by atoms with Gasteiger partial charge in [-0.25, -0.2) is 9.97 Å². The van der Waals surface area contributed by atoms with Crippen LogP contribution >= 0.6 is 11.3 Å². The average Bonchev–Trinajstić information content (AvgIpc) is 3.28. The number of rotatable bonds is 3. The molecule has 0 unspecified atom stereocenters. The highest BCUT2D eigenvalue weighted by molar-refractivity contribution is 7.18. The summed E-state index contributed by atoms with van der Waals surface area (Å²) in [6, 6.07) is 2.17. The van der Waals surface area contributed by atoms with Crippen molar-refractivity contribution in [3.63, 3.8) is 0 Å². The number of anilines is 1. The Hall–Kier alpha value is -1.69. The molecule has 0 radical (unpaired) electrons. The number of fused-ring (bicyclic) bond motifs is 1. The van der Waals surface area contributed by atoms with Gasteiger partial charge in [0.05, 0.1) is 5.39 Å². The summed E-state index contributed by atoms with van der Waals surface area (Å²) < 4.78 is 0. The summed E-state index contributed by atoms with van der Waals surface area (Å²) in [5.74, 6) is 1.39. The van der Waals surface area contributed by atoms with Crippen molar-refractivity contribution >= 4 is 33.3 Å². The fourth-order valence-corrected chi connectivity index (χ4v) is 4.38. The first kappa shape index (κ1) is 14.9. The number of carbonyl (C=O) groups excluding carboxylic acids is 1. The highest BCUT2D eigenvalue weighted by Crippen LogP contribution is 2.50. The Labute approximate surface area is 140 Å². The highest BCUT2D eigenvalue weighted by atomic mass is 32.1. The molecule has 2 fully saturated rings. The summed E-state index contributed by atoms with van der Waals surface area (Å²) in [6.07, 6.45) is 4.78. The number of hydrogen-bond acceptors (Lipinski definition) is 5. The molecular weight excluding hydrogens is 308 g/mol. The molecule has 1 amide bonds. The first-order valence-corrected chi connectivity index (χ1v) is 9.20. The van der Waals surface area contributed by atoms with E-state index < -0.39 is 0 Å². The third kappa shape index (κ3) is 2.49. The number of hydrogen-bond donors (Lipinski definition) is 0. The molecular formula is C17H22N4OS. The number of piperazine rings is 1. The molecule has 1 saturated heterocycles. The van der Waals surface area contributed by atoms with Gasteiger partial charge in [0, 0.05) is 36.5 Å². The summed E-state index contributed by atoms with van der Waals surface area (Å²) >= 11 is 1.71. The van der Waals surface area contributed by atoms with Crippen LogP contribution in [0.3, 0.4) is 0 Å². The molecule has 0 aromatic carbocycles. The molecule has 0 atom stereocenters. The summed E-state index contributed by atoms with van der Waals surface area (Å²) in [5.41, 5.74) is -0.0190. The van der Waals surface area contributed by atoms with E-state index in [1.54, 1.807) is 17.7 Å². The zero-order valence-electron chi connectivity index (χ0n) is 13.7. The second-order valence-electron chi connectivity index (χ2n) is 6.69. The molecule has 2 aromatic heterocycles. The smallest absolute Gasteiger partial charge is 0.228 e. The zero-order valence-corrected chi connectivity index (χ0v) is 14.5. The lowest BCUT2D eigenvalue weighted by Crippen LogP contribution is -2.51. The monoisotopic (exact) mass is 330 g/mol. The maximum Gasteiger partial charge on any atom is 0.228 e. The van der Waals surface area contributed by atoms with E-state index in [0.717, 1.165) is 61.5 Å². The normalized spacial score (nSPS) is 20.1. The first-order valence-electron chi connectivity index (χ1n) is 8.38. The Morgan fingerprint density at radius 2 is 2.00 bits per heavy atom. The van der Waals surface area contributed by atoms with Crippen LogP contribution < -0.4 is 4.90 Å². The molecule has 0 spiro atoms. The van der Waals surface area contributed by atoms with E-state index in [0.29, 0.717) is 5.91 Å². The minimum absolute atomic E-state index is 0.0190. The van der Waals surface area contributed by atoms with E-state index in [1.165, 1.54) is 4.88 Å². The van der Waals surface area contributed by atoms with Crippen LogP contribution in [0, 0.1) is 12.3 Å². The Morgan fingerprint density at radius 1 is 1.26 bits per heavy atom. The summed E-state index contributed by atoms with van der Waals surface area (Å²) in [5, 5.41) is 1.14. The van der Waals surface area contributed by atoms with Gasteiger partial charge in [0.15, 0.2) is 0 Å². The summed E-state index contributed by atoms with van der Waals surface area (Å²) in [6.45, 7) is 7.55. The zero-order chi connectivity index (χ0) is 16.0. The lowest BCUT2D eigenvalue weighted by atomic mass is 10.0. The van der Waals surface area contributed by atoms with Gasteiger partial charge in [-0.1, -0.05) is 6.92 Å². The highest BCUT2D eigenvalue weighted by Gasteiger charge is 2.50. The van der Waals surface area contributed by atoms with Crippen molar-refractivity contribution in [2.24, 2.45) is 5.41 Å². The third-order valence-corrected chi connectivity index (χ3v) is 6.24. The Kier molecular flexibility index (Phi) is 3.52. The van der Waals surface area contributed by atoms with Gasteiger partial charge in [0.25, 0.3) is 0 Å². The van der Waals surface area contributed by atoms with Crippen LogP contribution in [-0.2, 0) is 4.79 Å². The van der Waals surface area contributed by atoms with Gasteiger partial charge < -0.3 is 9.80 Å². The molecule has 122 valence electrons. The minimum atomic E-state index is -0.0190. The molecule has 0 N–H and O–H groups in total. The number of aromatic nitrogens is 2. The van der Waals surface area contributed by atoms with Crippen molar-refractivity contribution in [3.8, 4) is 0 Å². The van der Waals surface area contributed by atoms with Crippen molar-refractivity contribution in [1.29, 1.82) is 0 Å². The van der Waals surface area contributed by atoms with Crippen molar-refractivity contribution in [2.45, 2.75) is 33.1 Å². The van der Waals surface area contributed by atoms with Crippen molar-refractivity contribution in [1.82, 2.24) is 14.9 Å². The average molecular weight is 330 g/mol. The van der Waals surface area contributed by atoms with E-state index in [2.05, 4.69) is 39.7 Å². The standard InChI is InChI=1S/C17H22N4OS/c1-3-17(4-5-17)16(22)21-8-6-20(7-9-21)14-13-10-12(2)23-15(13)19-11-18-14/h10-11H,3-9H2,1-2H3. The van der Waals surface area contributed by atoms with Crippen LogP contribution in [0.1, 0.15) is 31.1 Å². The lowest BCUT2D eigenvalue weighted by molar-refractivity contribution is -0.137. The van der Waals surface area contributed by atoms with Crippen molar-refractivity contribution in [2.75, 3.05) is 31.1 Å². The predicted octanol–water partition coefficient (Wildman–Crippen LogP) is 2.84.